The molecule has 0 aromatic rings. The normalized spacial score (nSPS) is 0. The summed E-state index contributed by atoms with van der Waals surface area (Å²) >= 11 is 0. The quantitative estimate of drug-likeness (QED) is 0.445. The van der Waals surface area contributed by atoms with Crippen LogP contribution < -0.4 is 0 Å². The van der Waals surface area contributed by atoms with Gasteiger partial charge in [-0.05, 0) is 11.0 Å². The molecule has 0 atom stereocenters. The zero-order valence-corrected chi connectivity index (χ0v) is 5.06. The summed E-state index contributed by atoms with van der Waals surface area (Å²) in [4.78, 5) is 0. The molecule has 0 spiro atoms. The molecule has 0 unspecified atom stereocenters. The van der Waals surface area contributed by atoms with Crippen molar-refractivity contribution in [3.63, 3.8) is 0 Å². The fourth-order valence-corrected chi connectivity index (χ4v) is 0. The molecular formula is CH11AlMoNbSi. The first-order valence-electron chi connectivity index (χ1n) is 0. The Labute approximate surface area is 78.4 Å². The van der Waals surface area contributed by atoms with Crippen molar-refractivity contribution in [1.82, 2.24) is 0 Å². The van der Waals surface area contributed by atoms with Crippen LogP contribution in [0.15, 0.2) is 0 Å². The summed E-state index contributed by atoms with van der Waals surface area (Å²) in [5, 5.41) is 0. The second-order valence-corrected chi connectivity index (χ2v) is 0. The molecule has 0 N–H and O–H groups in total. The van der Waals surface area contributed by atoms with E-state index in [0.717, 1.165) is 0 Å². The van der Waals surface area contributed by atoms with E-state index >= 15 is 0 Å². The van der Waals surface area contributed by atoms with Crippen molar-refractivity contribution in [3.05, 3.63) is 0 Å². The maximum atomic E-state index is 0. The molecule has 0 bridgehead atoms. The van der Waals surface area contributed by atoms with Gasteiger partial charge in [-0.1, -0.05) is 7.43 Å². The molecule has 0 aliphatic rings. The van der Waals surface area contributed by atoms with E-state index in [1.54, 1.807) is 0 Å². The van der Waals surface area contributed by atoms with Gasteiger partial charge in [-0.2, -0.15) is 0 Å². The molecule has 5 heavy (non-hydrogen) atoms. The van der Waals surface area contributed by atoms with E-state index in [1.807, 2.05) is 0 Å². The Kier molecular flexibility index (Phi) is 403. The van der Waals surface area contributed by atoms with Crippen molar-refractivity contribution in [1.29, 1.82) is 0 Å². The average Bonchev–Trinajstić information content (AvgIpc) is 0. The Morgan fingerprint density at radius 2 is 1.00 bits per heavy atom. The zero-order valence-electron chi connectivity index (χ0n) is 0.855. The van der Waals surface area contributed by atoms with Gasteiger partial charge in [0.15, 0.2) is 17.4 Å². The predicted molar refractivity (Wildman–Crippen MR) is 28.0 cm³/mol. The maximum absolute atomic E-state index is 0. The number of rotatable bonds is 0. The van der Waals surface area contributed by atoms with Crippen LogP contribution in [0.4, 0.5) is 0 Å². The molecule has 0 aliphatic carbocycles. The SMILES string of the molecule is C.[AlH3].[Mo].[Nb].[SiH4]. The summed E-state index contributed by atoms with van der Waals surface area (Å²) in [6.07, 6.45) is 0. The van der Waals surface area contributed by atoms with Crippen molar-refractivity contribution in [2.24, 2.45) is 0 Å². The van der Waals surface area contributed by atoms with Crippen LogP contribution in [0.3, 0.4) is 0 Å². The first-order chi connectivity index (χ1) is 0. The van der Waals surface area contributed by atoms with Gasteiger partial charge in [0.25, 0.3) is 0 Å². The molecule has 0 heterocycles. The van der Waals surface area contributed by atoms with E-state index in [4.69, 9.17) is 0 Å². The fourth-order valence-electron chi connectivity index (χ4n) is 0. The minimum Gasteiger partial charge on any atom is -0.0776 e. The Morgan fingerprint density at radius 1 is 1.00 bits per heavy atom. The van der Waals surface area contributed by atoms with Gasteiger partial charge in [-0.3, -0.25) is 0 Å². The molecule has 0 rings (SSSR count). The summed E-state index contributed by atoms with van der Waals surface area (Å²) in [6.45, 7) is 0. The van der Waals surface area contributed by atoms with Gasteiger partial charge in [0.1, 0.15) is 0 Å². The van der Waals surface area contributed by atoms with Crippen LogP contribution in [-0.4, -0.2) is 28.3 Å². The van der Waals surface area contributed by atoms with Crippen molar-refractivity contribution in [3.8, 4) is 0 Å². The summed E-state index contributed by atoms with van der Waals surface area (Å²) in [7, 11) is 0. The molecule has 1 radical (unpaired) electrons. The van der Waals surface area contributed by atoms with E-state index in [1.165, 1.54) is 0 Å². The van der Waals surface area contributed by atoms with Gasteiger partial charge in [-0.25, -0.2) is 0 Å². The summed E-state index contributed by atoms with van der Waals surface area (Å²) < 4.78 is 0. The smallest absolute Gasteiger partial charge is 0.0776 e. The summed E-state index contributed by atoms with van der Waals surface area (Å²) in [5.41, 5.74) is 0. The topological polar surface area (TPSA) is 0 Å². The third-order valence-corrected chi connectivity index (χ3v) is 0. The molecule has 0 fully saturated rings. The molecule has 33 valence electrons. The Morgan fingerprint density at radius 3 is 1.00 bits per heavy atom. The molecule has 0 nitrogen and oxygen atoms in total. The number of hydrogen-bond acceptors (Lipinski definition) is 0. The van der Waals surface area contributed by atoms with Crippen LogP contribution in [0, 0.1) is 0 Å². The molecule has 0 saturated carbocycles. The second kappa shape index (κ2) is 34.9. The number of hydrogen-bond donors (Lipinski definition) is 0. The van der Waals surface area contributed by atoms with Crippen molar-refractivity contribution in [2.45, 2.75) is 7.43 Å². The van der Waals surface area contributed by atoms with Crippen LogP contribution in [0.5, 0.6) is 0 Å². The molecular weight excluding hydrogens is 256 g/mol. The largest absolute Gasteiger partial charge is 0.187 e. The van der Waals surface area contributed by atoms with E-state index in [9.17, 15) is 0 Å². The maximum Gasteiger partial charge on any atom is 0.187 e. The third kappa shape index (κ3) is 22.7. The van der Waals surface area contributed by atoms with Gasteiger partial charge in [0.2, 0.25) is 0 Å². The molecule has 4 heteroatoms. The first kappa shape index (κ1) is 57.8. The average molecular weight is 267 g/mol. The van der Waals surface area contributed by atoms with Gasteiger partial charge < -0.3 is 0 Å². The molecule has 0 saturated heterocycles. The van der Waals surface area contributed by atoms with Gasteiger partial charge in [0, 0.05) is 43.4 Å². The van der Waals surface area contributed by atoms with Crippen molar-refractivity contribution < 1.29 is 43.4 Å². The zero-order chi connectivity index (χ0) is 0. The predicted octanol–water partition coefficient (Wildman–Crippen LogP) is -2.00. The van der Waals surface area contributed by atoms with E-state index < -0.39 is 0 Å². The van der Waals surface area contributed by atoms with Crippen LogP contribution in [0.25, 0.3) is 0 Å². The van der Waals surface area contributed by atoms with Crippen LogP contribution >= 0.6 is 0 Å². The third-order valence-electron chi connectivity index (χ3n) is 0. The van der Waals surface area contributed by atoms with E-state index in [0.29, 0.717) is 0 Å². The molecule has 0 aromatic carbocycles. The van der Waals surface area contributed by atoms with E-state index in [2.05, 4.69) is 0 Å². The first-order valence-corrected chi connectivity index (χ1v) is 0. The minimum absolute atomic E-state index is 0. The van der Waals surface area contributed by atoms with E-state index in [-0.39, 0.29) is 79.2 Å². The van der Waals surface area contributed by atoms with Gasteiger partial charge in [0.05, 0.1) is 0 Å². The fraction of sp³-hybridized carbons (Fsp3) is 1.00. The van der Waals surface area contributed by atoms with Crippen LogP contribution in [0.1, 0.15) is 7.43 Å². The summed E-state index contributed by atoms with van der Waals surface area (Å²) in [6, 6.07) is 0. The minimum atomic E-state index is 0. The van der Waals surface area contributed by atoms with Crippen molar-refractivity contribution in [2.75, 3.05) is 0 Å². The Hall–Kier alpha value is 2.18. The Balaban J connectivity index is 0. The molecule has 0 aromatic heterocycles. The second-order valence-electron chi connectivity index (χ2n) is 0. The van der Waals surface area contributed by atoms with Gasteiger partial charge >= 0.3 is 0 Å². The van der Waals surface area contributed by atoms with Crippen LogP contribution in [0.2, 0.25) is 0 Å². The molecule has 0 amide bonds. The molecule has 0 aliphatic heterocycles. The summed E-state index contributed by atoms with van der Waals surface area (Å²) in [5.74, 6) is 0. The van der Waals surface area contributed by atoms with Crippen molar-refractivity contribution >= 4 is 28.3 Å². The van der Waals surface area contributed by atoms with Crippen LogP contribution in [-0.2, 0) is 43.4 Å². The van der Waals surface area contributed by atoms with Gasteiger partial charge in [-0.15, -0.1) is 0 Å². The monoisotopic (exact) mass is 269 g/mol. The standard InChI is InChI=1S/CH4.Al.Mo.Nb.H4Si.3H/h1H4;;;;1H4;;;. The Bertz CT molecular complexity index is 11.6.